The first-order valence-corrected chi connectivity index (χ1v) is 4.02. The van der Waals surface area contributed by atoms with Crippen molar-refractivity contribution in [3.05, 3.63) is 21.9 Å². The molecule has 66 valence electrons. The average Bonchev–Trinajstić information content (AvgIpc) is 1.96. The van der Waals surface area contributed by atoms with E-state index in [4.69, 9.17) is 5.73 Å². The van der Waals surface area contributed by atoms with Gasteiger partial charge in [0.25, 0.3) is 6.43 Å². The maximum Gasteiger partial charge on any atom is 0.282 e. The van der Waals surface area contributed by atoms with Gasteiger partial charge >= 0.3 is 0 Å². The van der Waals surface area contributed by atoms with Crippen LogP contribution in [0.2, 0.25) is 0 Å². The van der Waals surface area contributed by atoms with E-state index in [1.54, 1.807) is 6.92 Å². The third-order valence-electron chi connectivity index (χ3n) is 1.42. The Morgan fingerprint density at radius 2 is 2.17 bits per heavy atom. The lowest BCUT2D eigenvalue weighted by Crippen LogP contribution is -2.00. The number of nitrogens with two attached hydrogens (primary N) is 1. The van der Waals surface area contributed by atoms with Crippen LogP contribution in [0.3, 0.4) is 0 Å². The third kappa shape index (κ3) is 1.72. The molecule has 0 fully saturated rings. The molecule has 0 aromatic carbocycles. The monoisotopic (exact) mass is 236 g/mol. The second kappa shape index (κ2) is 3.35. The smallest absolute Gasteiger partial charge is 0.282 e. The Kier molecular flexibility index (Phi) is 2.62. The lowest BCUT2D eigenvalue weighted by molar-refractivity contribution is 0.147. The summed E-state index contributed by atoms with van der Waals surface area (Å²) in [5.41, 5.74) is 5.50. The van der Waals surface area contributed by atoms with Crippen LogP contribution in [0.15, 0.2) is 10.5 Å². The second-order valence-electron chi connectivity index (χ2n) is 2.33. The first-order chi connectivity index (χ1) is 5.52. The van der Waals surface area contributed by atoms with Crippen LogP contribution in [0.1, 0.15) is 17.8 Å². The lowest BCUT2D eigenvalue weighted by Gasteiger charge is -2.05. The van der Waals surface area contributed by atoms with Crippen molar-refractivity contribution in [1.29, 1.82) is 0 Å². The van der Waals surface area contributed by atoms with Gasteiger partial charge in [-0.3, -0.25) is 0 Å². The fourth-order valence-corrected chi connectivity index (χ4v) is 1.12. The van der Waals surface area contributed by atoms with Gasteiger partial charge in [0, 0.05) is 4.47 Å². The van der Waals surface area contributed by atoms with Crippen LogP contribution in [0.5, 0.6) is 0 Å². The molecule has 0 aliphatic rings. The molecular weight excluding hydrogens is 230 g/mol. The first-order valence-electron chi connectivity index (χ1n) is 3.23. The normalized spacial score (nSPS) is 10.8. The van der Waals surface area contributed by atoms with E-state index < -0.39 is 6.43 Å². The maximum atomic E-state index is 12.2. The average molecular weight is 237 g/mol. The standard InChI is InChI=1S/C7H7BrF2N2/c1-3-4(8)2-5(11)6(12-3)7(9)10/h2,7H,11H2,1H3. The van der Waals surface area contributed by atoms with Crippen LogP contribution in [-0.4, -0.2) is 4.98 Å². The summed E-state index contributed by atoms with van der Waals surface area (Å²) in [4.78, 5) is 3.65. The molecule has 0 aliphatic heterocycles. The van der Waals surface area contributed by atoms with E-state index >= 15 is 0 Å². The molecule has 0 saturated carbocycles. The van der Waals surface area contributed by atoms with Gasteiger partial charge in [-0.2, -0.15) is 0 Å². The molecule has 0 unspecified atom stereocenters. The third-order valence-corrected chi connectivity index (χ3v) is 2.22. The van der Waals surface area contributed by atoms with E-state index in [2.05, 4.69) is 20.9 Å². The predicted molar refractivity (Wildman–Crippen MR) is 46.0 cm³/mol. The highest BCUT2D eigenvalue weighted by Gasteiger charge is 2.14. The van der Waals surface area contributed by atoms with E-state index in [1.807, 2.05) is 0 Å². The van der Waals surface area contributed by atoms with Crippen LogP contribution in [0.25, 0.3) is 0 Å². The molecule has 12 heavy (non-hydrogen) atoms. The van der Waals surface area contributed by atoms with E-state index in [1.165, 1.54) is 6.07 Å². The zero-order chi connectivity index (χ0) is 9.30. The number of anilines is 1. The van der Waals surface area contributed by atoms with Crippen molar-refractivity contribution in [3.8, 4) is 0 Å². The van der Waals surface area contributed by atoms with Crippen LogP contribution in [0.4, 0.5) is 14.5 Å². The number of aryl methyl sites for hydroxylation is 1. The topological polar surface area (TPSA) is 38.9 Å². The predicted octanol–water partition coefficient (Wildman–Crippen LogP) is 2.67. The first kappa shape index (κ1) is 9.38. The van der Waals surface area contributed by atoms with E-state index in [0.29, 0.717) is 10.2 Å². The Labute approximate surface area is 76.9 Å². The molecule has 1 aromatic heterocycles. The van der Waals surface area contributed by atoms with Gasteiger partial charge in [-0.1, -0.05) is 0 Å². The van der Waals surface area contributed by atoms with Crippen LogP contribution in [0, 0.1) is 6.92 Å². The summed E-state index contributed by atoms with van der Waals surface area (Å²) in [6.45, 7) is 1.63. The van der Waals surface area contributed by atoms with E-state index in [9.17, 15) is 8.78 Å². The molecule has 0 amide bonds. The fraction of sp³-hybridized carbons (Fsp3) is 0.286. The SMILES string of the molecule is Cc1nc(C(F)F)c(N)cc1Br. The summed E-state index contributed by atoms with van der Waals surface area (Å²) in [5, 5.41) is 0. The Hall–Kier alpha value is -0.710. The van der Waals surface area contributed by atoms with Gasteiger partial charge in [-0.25, -0.2) is 13.8 Å². The molecule has 5 heteroatoms. The summed E-state index contributed by atoms with van der Waals surface area (Å²) in [5.74, 6) is 0. The van der Waals surface area contributed by atoms with Crippen molar-refractivity contribution in [1.82, 2.24) is 4.98 Å². The number of halogens is 3. The summed E-state index contributed by atoms with van der Waals surface area (Å²) in [6.07, 6.45) is -2.61. The van der Waals surface area contributed by atoms with Gasteiger partial charge < -0.3 is 5.73 Å². The summed E-state index contributed by atoms with van der Waals surface area (Å²) < 4.78 is 25.0. The summed E-state index contributed by atoms with van der Waals surface area (Å²) >= 11 is 3.14. The van der Waals surface area contributed by atoms with Crippen molar-refractivity contribution in [2.75, 3.05) is 5.73 Å². The molecule has 0 atom stereocenters. The van der Waals surface area contributed by atoms with Gasteiger partial charge in [-0.15, -0.1) is 0 Å². The quantitative estimate of drug-likeness (QED) is 0.815. The highest BCUT2D eigenvalue weighted by Crippen LogP contribution is 2.26. The largest absolute Gasteiger partial charge is 0.397 e. The number of hydrogen-bond acceptors (Lipinski definition) is 2. The van der Waals surface area contributed by atoms with Crippen LogP contribution >= 0.6 is 15.9 Å². The molecule has 1 aromatic rings. The van der Waals surface area contributed by atoms with Crippen molar-refractivity contribution in [2.45, 2.75) is 13.3 Å². The van der Waals surface area contributed by atoms with Crippen molar-refractivity contribution < 1.29 is 8.78 Å². The van der Waals surface area contributed by atoms with Crippen LogP contribution in [-0.2, 0) is 0 Å². The summed E-state index contributed by atoms with van der Waals surface area (Å²) in [6, 6.07) is 1.43. The van der Waals surface area contributed by atoms with Crippen molar-refractivity contribution in [2.24, 2.45) is 0 Å². The zero-order valence-corrected chi connectivity index (χ0v) is 7.90. The van der Waals surface area contributed by atoms with Gasteiger partial charge in [0.1, 0.15) is 5.69 Å². The molecule has 2 nitrogen and oxygen atoms in total. The number of hydrogen-bond donors (Lipinski definition) is 1. The zero-order valence-electron chi connectivity index (χ0n) is 6.31. The second-order valence-corrected chi connectivity index (χ2v) is 3.19. The highest BCUT2D eigenvalue weighted by atomic mass is 79.9. The Morgan fingerprint density at radius 1 is 1.58 bits per heavy atom. The molecule has 0 bridgehead atoms. The number of nitrogen functional groups attached to an aromatic ring is 1. The fourth-order valence-electron chi connectivity index (χ4n) is 0.788. The Bertz CT molecular complexity index is 302. The lowest BCUT2D eigenvalue weighted by atomic mass is 10.3. The van der Waals surface area contributed by atoms with Gasteiger partial charge in [0.05, 0.1) is 11.4 Å². The molecule has 1 rings (SSSR count). The van der Waals surface area contributed by atoms with Crippen LogP contribution < -0.4 is 5.73 Å². The molecule has 0 aliphatic carbocycles. The molecule has 0 saturated heterocycles. The molecule has 1 heterocycles. The van der Waals surface area contributed by atoms with E-state index in [0.717, 1.165) is 0 Å². The molecule has 2 N–H and O–H groups in total. The molecule has 0 spiro atoms. The minimum Gasteiger partial charge on any atom is -0.397 e. The van der Waals surface area contributed by atoms with Gasteiger partial charge in [-0.05, 0) is 28.9 Å². The van der Waals surface area contributed by atoms with E-state index in [-0.39, 0.29) is 11.4 Å². The van der Waals surface area contributed by atoms with Crippen molar-refractivity contribution in [3.63, 3.8) is 0 Å². The Morgan fingerprint density at radius 3 is 2.67 bits per heavy atom. The Balaban J connectivity index is 3.23. The molecular formula is C7H7BrF2N2. The molecule has 0 radical (unpaired) electrons. The number of aromatic nitrogens is 1. The minimum absolute atomic E-state index is 0.0162. The number of nitrogens with zero attached hydrogens (tertiary/aromatic N) is 1. The number of pyridine rings is 1. The number of rotatable bonds is 1. The summed E-state index contributed by atoms with van der Waals surface area (Å²) in [7, 11) is 0. The number of alkyl halides is 2. The minimum atomic E-state index is -2.61. The van der Waals surface area contributed by atoms with Crippen molar-refractivity contribution >= 4 is 21.6 Å². The highest BCUT2D eigenvalue weighted by molar-refractivity contribution is 9.10. The maximum absolute atomic E-state index is 12.2. The van der Waals surface area contributed by atoms with Gasteiger partial charge in [0.2, 0.25) is 0 Å². The van der Waals surface area contributed by atoms with Gasteiger partial charge in [0.15, 0.2) is 0 Å².